The molecule has 2 heterocycles. The number of aromatic nitrogens is 1. The van der Waals surface area contributed by atoms with Crippen molar-refractivity contribution >= 4 is 17.8 Å². The van der Waals surface area contributed by atoms with Crippen LogP contribution in [0.15, 0.2) is 48.7 Å². The van der Waals surface area contributed by atoms with E-state index in [9.17, 15) is 4.79 Å². The van der Waals surface area contributed by atoms with Crippen molar-refractivity contribution in [2.24, 2.45) is 0 Å². The zero-order valence-corrected chi connectivity index (χ0v) is 16.7. The molecule has 1 saturated heterocycles. The number of thioether (sulfide) groups is 1. The van der Waals surface area contributed by atoms with Crippen molar-refractivity contribution in [1.82, 2.24) is 15.2 Å². The first kappa shape index (κ1) is 19.5. The van der Waals surface area contributed by atoms with Crippen molar-refractivity contribution in [2.45, 2.75) is 30.6 Å². The summed E-state index contributed by atoms with van der Waals surface area (Å²) in [5.41, 5.74) is 1.70. The SMILES string of the molecule is COc1ccccc1[C@@H](NC(=O)N1CCCC[C@H](SC)C1)c1ccccn1. The van der Waals surface area contributed by atoms with Gasteiger partial charge in [-0.1, -0.05) is 30.7 Å². The van der Waals surface area contributed by atoms with Crippen LogP contribution >= 0.6 is 11.8 Å². The highest BCUT2D eigenvalue weighted by molar-refractivity contribution is 7.99. The molecule has 1 N–H and O–H groups in total. The van der Waals surface area contributed by atoms with Crippen LogP contribution < -0.4 is 10.1 Å². The zero-order chi connectivity index (χ0) is 19.1. The van der Waals surface area contributed by atoms with Gasteiger partial charge in [-0.2, -0.15) is 11.8 Å². The maximum Gasteiger partial charge on any atom is 0.318 e. The highest BCUT2D eigenvalue weighted by Crippen LogP contribution is 2.29. The number of para-hydroxylation sites is 1. The van der Waals surface area contributed by atoms with Gasteiger partial charge in [-0.05, 0) is 37.3 Å². The topological polar surface area (TPSA) is 54.5 Å². The summed E-state index contributed by atoms with van der Waals surface area (Å²) in [4.78, 5) is 19.5. The number of rotatable bonds is 5. The van der Waals surface area contributed by atoms with E-state index in [0.29, 0.717) is 5.25 Å². The van der Waals surface area contributed by atoms with E-state index >= 15 is 0 Å². The van der Waals surface area contributed by atoms with Crippen LogP contribution in [-0.4, -0.2) is 47.6 Å². The number of pyridine rings is 1. The summed E-state index contributed by atoms with van der Waals surface area (Å²) in [7, 11) is 1.65. The molecule has 2 amide bonds. The van der Waals surface area contributed by atoms with Crippen LogP contribution in [0.25, 0.3) is 0 Å². The smallest absolute Gasteiger partial charge is 0.318 e. The highest BCUT2D eigenvalue weighted by Gasteiger charge is 2.26. The molecule has 5 nitrogen and oxygen atoms in total. The predicted octanol–water partition coefficient (Wildman–Crippen LogP) is 4.11. The Hall–Kier alpha value is -2.21. The van der Waals surface area contributed by atoms with Crippen molar-refractivity contribution < 1.29 is 9.53 Å². The summed E-state index contributed by atoms with van der Waals surface area (Å²) < 4.78 is 5.53. The molecule has 27 heavy (non-hydrogen) atoms. The van der Waals surface area contributed by atoms with Crippen molar-refractivity contribution in [3.63, 3.8) is 0 Å². The van der Waals surface area contributed by atoms with Crippen molar-refractivity contribution in [2.75, 3.05) is 26.5 Å². The molecule has 6 heteroatoms. The van der Waals surface area contributed by atoms with E-state index in [1.165, 1.54) is 12.8 Å². The van der Waals surface area contributed by atoms with Gasteiger partial charge >= 0.3 is 6.03 Å². The van der Waals surface area contributed by atoms with E-state index in [4.69, 9.17) is 4.74 Å². The first-order chi connectivity index (χ1) is 13.2. The molecule has 0 radical (unpaired) electrons. The molecular formula is C21H27N3O2S. The number of nitrogens with one attached hydrogen (secondary N) is 1. The Kier molecular flexibility index (Phi) is 6.98. The molecule has 0 aliphatic carbocycles. The van der Waals surface area contributed by atoms with Crippen LogP contribution in [0.4, 0.5) is 4.79 Å². The number of hydrogen-bond acceptors (Lipinski definition) is 4. The first-order valence-electron chi connectivity index (χ1n) is 9.35. The first-order valence-corrected chi connectivity index (χ1v) is 10.6. The molecule has 1 aliphatic heterocycles. The molecule has 1 fully saturated rings. The quantitative estimate of drug-likeness (QED) is 0.842. The molecule has 0 saturated carbocycles. The van der Waals surface area contributed by atoms with E-state index in [2.05, 4.69) is 16.6 Å². The third-order valence-corrected chi connectivity index (χ3v) is 6.00. The van der Waals surface area contributed by atoms with E-state index in [0.717, 1.165) is 36.5 Å². The standard InChI is InChI=1S/C21H27N3O2S/c1-26-19-12-4-3-10-17(19)20(18-11-5-7-13-22-18)23-21(25)24-14-8-6-9-16(15-24)27-2/h3-5,7,10-13,16,20H,6,8-9,14-15H2,1-2H3,(H,23,25)/t16-,20+/m0/s1. The number of likely N-dealkylation sites (tertiary alicyclic amines) is 1. The Bertz CT molecular complexity index is 741. The lowest BCUT2D eigenvalue weighted by Gasteiger charge is -2.28. The van der Waals surface area contributed by atoms with Gasteiger partial charge in [-0.3, -0.25) is 4.98 Å². The summed E-state index contributed by atoms with van der Waals surface area (Å²) in [6.07, 6.45) is 7.26. The predicted molar refractivity (Wildman–Crippen MR) is 110 cm³/mol. The molecule has 144 valence electrons. The number of carbonyl (C=O) groups excluding carboxylic acids is 1. The largest absolute Gasteiger partial charge is 0.496 e. The van der Waals surface area contributed by atoms with Gasteiger partial charge < -0.3 is 15.0 Å². The lowest BCUT2D eigenvalue weighted by molar-refractivity contribution is 0.197. The van der Waals surface area contributed by atoms with Crippen LogP contribution in [0.2, 0.25) is 0 Å². The van der Waals surface area contributed by atoms with E-state index in [-0.39, 0.29) is 12.1 Å². The van der Waals surface area contributed by atoms with Crippen LogP contribution in [0, 0.1) is 0 Å². The summed E-state index contributed by atoms with van der Waals surface area (Å²) >= 11 is 1.84. The molecule has 2 aromatic rings. The van der Waals surface area contributed by atoms with Crippen LogP contribution in [0.1, 0.15) is 36.6 Å². The zero-order valence-electron chi connectivity index (χ0n) is 15.9. The van der Waals surface area contributed by atoms with Crippen molar-refractivity contribution in [1.29, 1.82) is 0 Å². The van der Waals surface area contributed by atoms with Crippen LogP contribution in [0.3, 0.4) is 0 Å². The molecule has 1 aromatic carbocycles. The number of urea groups is 1. The number of hydrogen-bond donors (Lipinski definition) is 1. The molecule has 0 spiro atoms. The number of methoxy groups -OCH3 is 1. The lowest BCUT2D eigenvalue weighted by atomic mass is 10.0. The van der Waals surface area contributed by atoms with E-state index in [1.807, 2.05) is 59.1 Å². The average molecular weight is 386 g/mol. The second-order valence-electron chi connectivity index (χ2n) is 6.68. The Balaban J connectivity index is 1.86. The van der Waals surface area contributed by atoms with E-state index in [1.54, 1.807) is 13.3 Å². The summed E-state index contributed by atoms with van der Waals surface area (Å²) in [5, 5.41) is 3.70. The number of carbonyl (C=O) groups is 1. The Labute approximate surface area is 165 Å². The lowest BCUT2D eigenvalue weighted by Crippen LogP contribution is -2.44. The number of amides is 2. The van der Waals surface area contributed by atoms with Crippen LogP contribution in [-0.2, 0) is 0 Å². The summed E-state index contributed by atoms with van der Waals surface area (Å²) in [6.45, 7) is 1.58. The van der Waals surface area contributed by atoms with Crippen molar-refractivity contribution in [3.05, 3.63) is 59.9 Å². The summed E-state index contributed by atoms with van der Waals surface area (Å²) in [6, 6.07) is 13.1. The van der Waals surface area contributed by atoms with Gasteiger partial charge in [0.2, 0.25) is 0 Å². The minimum absolute atomic E-state index is 0.0440. The third kappa shape index (κ3) is 4.95. The van der Waals surface area contributed by atoms with E-state index < -0.39 is 0 Å². The van der Waals surface area contributed by atoms with Gasteiger partial charge in [0.15, 0.2) is 0 Å². The average Bonchev–Trinajstić information content (AvgIpc) is 2.98. The van der Waals surface area contributed by atoms with Crippen molar-refractivity contribution in [3.8, 4) is 5.75 Å². The molecular weight excluding hydrogens is 358 g/mol. The number of nitrogens with zero attached hydrogens (tertiary/aromatic N) is 2. The molecule has 1 aromatic heterocycles. The van der Waals surface area contributed by atoms with Gasteiger partial charge in [0, 0.05) is 30.1 Å². The number of ether oxygens (including phenoxy) is 1. The Morgan fingerprint density at radius 2 is 2.07 bits per heavy atom. The minimum atomic E-state index is -0.356. The fourth-order valence-corrected chi connectivity index (χ4v) is 4.19. The molecule has 0 unspecified atom stereocenters. The normalized spacial score (nSPS) is 18.4. The maximum atomic E-state index is 13.1. The van der Waals surface area contributed by atoms with Crippen LogP contribution in [0.5, 0.6) is 5.75 Å². The fourth-order valence-electron chi connectivity index (χ4n) is 3.46. The maximum absolute atomic E-state index is 13.1. The van der Waals surface area contributed by atoms with Gasteiger partial charge in [-0.25, -0.2) is 4.79 Å². The van der Waals surface area contributed by atoms with Gasteiger partial charge in [0.25, 0.3) is 0 Å². The second kappa shape index (κ2) is 9.65. The molecule has 1 aliphatic rings. The monoisotopic (exact) mass is 385 g/mol. The Morgan fingerprint density at radius 3 is 2.81 bits per heavy atom. The summed E-state index contributed by atoms with van der Waals surface area (Å²) in [5.74, 6) is 0.742. The molecule has 0 bridgehead atoms. The third-order valence-electron chi connectivity index (χ3n) is 4.95. The molecule has 3 rings (SSSR count). The highest BCUT2D eigenvalue weighted by atomic mass is 32.2. The van der Waals surface area contributed by atoms with Gasteiger partial charge in [0.05, 0.1) is 12.8 Å². The fraction of sp³-hybridized carbons (Fsp3) is 0.429. The Morgan fingerprint density at radius 1 is 1.26 bits per heavy atom. The second-order valence-corrected chi connectivity index (χ2v) is 7.82. The number of benzene rings is 1. The minimum Gasteiger partial charge on any atom is -0.496 e. The van der Waals surface area contributed by atoms with Gasteiger partial charge in [-0.15, -0.1) is 0 Å². The molecule has 2 atom stereocenters. The van der Waals surface area contributed by atoms with Gasteiger partial charge in [0.1, 0.15) is 11.8 Å².